The average Bonchev–Trinajstić information content (AvgIpc) is 2.52. The van der Waals surface area contributed by atoms with Crippen LogP contribution in [-0.4, -0.2) is 10.4 Å². The highest BCUT2D eigenvalue weighted by molar-refractivity contribution is 7.09. The molecule has 0 aliphatic carbocycles. The molecule has 0 bridgehead atoms. The molecule has 0 aromatic carbocycles. The van der Waals surface area contributed by atoms with E-state index in [0.717, 1.165) is 19.3 Å². The van der Waals surface area contributed by atoms with Gasteiger partial charge in [-0.1, -0.05) is 6.92 Å². The maximum atomic E-state index is 5.97. The first-order valence-corrected chi connectivity index (χ1v) is 5.16. The standard InChI is InChI=1S/C8H12ClNS/c1-2-7(9)3-4-8-5-10-6-11-8/h5-7H,2-4H2,1H3. The van der Waals surface area contributed by atoms with Gasteiger partial charge in [0, 0.05) is 16.5 Å². The molecule has 0 aliphatic rings. The van der Waals surface area contributed by atoms with E-state index >= 15 is 0 Å². The molecule has 0 saturated heterocycles. The Kier molecular flexibility index (Phi) is 3.87. The monoisotopic (exact) mass is 189 g/mol. The van der Waals surface area contributed by atoms with E-state index in [2.05, 4.69) is 11.9 Å². The van der Waals surface area contributed by atoms with Crippen LogP contribution in [0.5, 0.6) is 0 Å². The molecule has 0 fully saturated rings. The second-order valence-corrected chi connectivity index (χ2v) is 4.10. The van der Waals surface area contributed by atoms with Gasteiger partial charge in [-0.05, 0) is 19.3 Å². The van der Waals surface area contributed by atoms with Crippen LogP contribution in [0.2, 0.25) is 0 Å². The lowest BCUT2D eigenvalue weighted by molar-refractivity contribution is 0.731. The number of nitrogens with zero attached hydrogens (tertiary/aromatic N) is 1. The summed E-state index contributed by atoms with van der Waals surface area (Å²) in [5.41, 5.74) is 1.87. The summed E-state index contributed by atoms with van der Waals surface area (Å²) < 4.78 is 0. The fourth-order valence-corrected chi connectivity index (χ4v) is 1.59. The van der Waals surface area contributed by atoms with E-state index < -0.39 is 0 Å². The maximum Gasteiger partial charge on any atom is 0.0794 e. The molecule has 0 saturated carbocycles. The van der Waals surface area contributed by atoms with Crippen LogP contribution in [-0.2, 0) is 6.42 Å². The van der Waals surface area contributed by atoms with Gasteiger partial charge in [0.2, 0.25) is 0 Å². The minimum atomic E-state index is 0.331. The number of alkyl halides is 1. The Balaban J connectivity index is 2.23. The van der Waals surface area contributed by atoms with E-state index in [-0.39, 0.29) is 0 Å². The molecule has 3 heteroatoms. The molecular formula is C8H12ClNS. The molecule has 1 atom stereocenters. The zero-order chi connectivity index (χ0) is 8.10. The molecule has 1 rings (SSSR count). The van der Waals surface area contributed by atoms with Gasteiger partial charge < -0.3 is 0 Å². The van der Waals surface area contributed by atoms with Crippen LogP contribution >= 0.6 is 22.9 Å². The second kappa shape index (κ2) is 4.73. The smallest absolute Gasteiger partial charge is 0.0794 e. The van der Waals surface area contributed by atoms with Crippen molar-refractivity contribution in [2.24, 2.45) is 0 Å². The van der Waals surface area contributed by atoms with Gasteiger partial charge in [-0.3, -0.25) is 4.98 Å². The van der Waals surface area contributed by atoms with Crippen molar-refractivity contribution >= 4 is 22.9 Å². The van der Waals surface area contributed by atoms with Crippen molar-refractivity contribution < 1.29 is 0 Å². The Morgan fingerprint density at radius 3 is 3.09 bits per heavy atom. The van der Waals surface area contributed by atoms with Crippen LogP contribution in [0.4, 0.5) is 0 Å². The summed E-state index contributed by atoms with van der Waals surface area (Å²) in [5.74, 6) is 0. The van der Waals surface area contributed by atoms with Gasteiger partial charge in [0.05, 0.1) is 5.51 Å². The third kappa shape index (κ3) is 3.21. The summed E-state index contributed by atoms with van der Waals surface area (Å²) in [6.45, 7) is 2.12. The molecule has 1 unspecified atom stereocenters. The zero-order valence-corrected chi connectivity index (χ0v) is 8.16. The molecule has 11 heavy (non-hydrogen) atoms. The number of hydrogen-bond donors (Lipinski definition) is 0. The van der Waals surface area contributed by atoms with Crippen LogP contribution < -0.4 is 0 Å². The van der Waals surface area contributed by atoms with Crippen LogP contribution in [0.25, 0.3) is 0 Å². The Hall–Kier alpha value is -0.0800. The van der Waals surface area contributed by atoms with Crippen molar-refractivity contribution in [1.82, 2.24) is 4.98 Å². The summed E-state index contributed by atoms with van der Waals surface area (Å²) in [6.07, 6.45) is 5.12. The molecule has 0 radical (unpaired) electrons. The van der Waals surface area contributed by atoms with Crippen molar-refractivity contribution in [2.45, 2.75) is 31.6 Å². The molecule has 0 N–H and O–H groups in total. The number of thiazole rings is 1. The Morgan fingerprint density at radius 1 is 1.73 bits per heavy atom. The minimum absolute atomic E-state index is 0.331. The average molecular weight is 190 g/mol. The Labute approximate surface area is 76.4 Å². The number of hydrogen-bond acceptors (Lipinski definition) is 2. The van der Waals surface area contributed by atoms with Crippen LogP contribution in [0.15, 0.2) is 11.7 Å². The fourth-order valence-electron chi connectivity index (χ4n) is 0.869. The minimum Gasteiger partial charge on any atom is -0.253 e. The van der Waals surface area contributed by atoms with Crippen molar-refractivity contribution in [3.63, 3.8) is 0 Å². The predicted molar refractivity (Wildman–Crippen MR) is 50.4 cm³/mol. The summed E-state index contributed by atoms with van der Waals surface area (Å²) in [5, 5.41) is 0.331. The number of aryl methyl sites for hydroxylation is 1. The first-order chi connectivity index (χ1) is 5.33. The summed E-state index contributed by atoms with van der Waals surface area (Å²) in [7, 11) is 0. The largest absolute Gasteiger partial charge is 0.253 e. The van der Waals surface area contributed by atoms with E-state index in [1.54, 1.807) is 11.3 Å². The SMILES string of the molecule is CCC(Cl)CCc1cncs1. The molecule has 0 spiro atoms. The molecule has 0 amide bonds. The Bertz CT molecular complexity index is 186. The fraction of sp³-hybridized carbons (Fsp3) is 0.625. The molecule has 1 heterocycles. The van der Waals surface area contributed by atoms with Crippen molar-refractivity contribution in [3.05, 3.63) is 16.6 Å². The van der Waals surface area contributed by atoms with E-state index in [0.29, 0.717) is 5.38 Å². The second-order valence-electron chi connectivity index (χ2n) is 2.51. The van der Waals surface area contributed by atoms with Gasteiger partial charge in [-0.2, -0.15) is 0 Å². The molecule has 0 aliphatic heterocycles. The molecule has 1 aromatic heterocycles. The quantitative estimate of drug-likeness (QED) is 0.664. The van der Waals surface area contributed by atoms with Crippen LogP contribution in [0, 0.1) is 0 Å². The first-order valence-electron chi connectivity index (χ1n) is 3.84. The van der Waals surface area contributed by atoms with E-state index in [9.17, 15) is 0 Å². The molecular weight excluding hydrogens is 178 g/mol. The van der Waals surface area contributed by atoms with E-state index in [1.807, 2.05) is 11.7 Å². The molecule has 1 aromatic rings. The van der Waals surface area contributed by atoms with Crippen molar-refractivity contribution in [3.8, 4) is 0 Å². The first kappa shape index (κ1) is 9.01. The topological polar surface area (TPSA) is 12.9 Å². The van der Waals surface area contributed by atoms with Gasteiger partial charge in [-0.15, -0.1) is 22.9 Å². The highest BCUT2D eigenvalue weighted by Gasteiger charge is 2.02. The van der Waals surface area contributed by atoms with Crippen molar-refractivity contribution in [2.75, 3.05) is 0 Å². The van der Waals surface area contributed by atoms with E-state index in [1.165, 1.54) is 4.88 Å². The third-order valence-corrected chi connectivity index (χ3v) is 3.00. The highest BCUT2D eigenvalue weighted by Crippen LogP contribution is 2.14. The lowest BCUT2D eigenvalue weighted by Crippen LogP contribution is -1.96. The maximum absolute atomic E-state index is 5.97. The highest BCUT2D eigenvalue weighted by atomic mass is 35.5. The third-order valence-electron chi connectivity index (χ3n) is 1.63. The predicted octanol–water partition coefficient (Wildman–Crippen LogP) is 3.09. The van der Waals surface area contributed by atoms with Gasteiger partial charge in [-0.25, -0.2) is 0 Å². The van der Waals surface area contributed by atoms with Crippen molar-refractivity contribution in [1.29, 1.82) is 0 Å². The Morgan fingerprint density at radius 2 is 2.55 bits per heavy atom. The zero-order valence-electron chi connectivity index (χ0n) is 6.59. The van der Waals surface area contributed by atoms with Crippen LogP contribution in [0.3, 0.4) is 0 Å². The normalized spacial score (nSPS) is 13.3. The van der Waals surface area contributed by atoms with Gasteiger partial charge in [0.25, 0.3) is 0 Å². The van der Waals surface area contributed by atoms with Gasteiger partial charge in [0.1, 0.15) is 0 Å². The summed E-state index contributed by atoms with van der Waals surface area (Å²) in [6, 6.07) is 0. The summed E-state index contributed by atoms with van der Waals surface area (Å²) in [4.78, 5) is 5.34. The number of aromatic nitrogens is 1. The van der Waals surface area contributed by atoms with E-state index in [4.69, 9.17) is 11.6 Å². The van der Waals surface area contributed by atoms with Gasteiger partial charge >= 0.3 is 0 Å². The van der Waals surface area contributed by atoms with Crippen LogP contribution in [0.1, 0.15) is 24.6 Å². The lowest BCUT2D eigenvalue weighted by Gasteiger charge is -2.02. The number of halogens is 1. The summed E-state index contributed by atoms with van der Waals surface area (Å²) >= 11 is 7.67. The molecule has 1 nitrogen and oxygen atoms in total. The van der Waals surface area contributed by atoms with Gasteiger partial charge in [0.15, 0.2) is 0 Å². The molecule has 62 valence electrons. The number of rotatable bonds is 4. The lowest BCUT2D eigenvalue weighted by atomic mass is 10.2.